The molecule has 26 heavy (non-hydrogen) atoms. The number of aromatic nitrogens is 1. The minimum absolute atomic E-state index is 0.100. The molecule has 140 valence electrons. The van der Waals surface area contributed by atoms with E-state index in [9.17, 15) is 20.0 Å². The molecule has 1 amide bonds. The smallest absolute Gasteiger partial charge is 0.326 e. The summed E-state index contributed by atoms with van der Waals surface area (Å²) in [4.78, 5) is 29.3. The topological polar surface area (TPSA) is 106 Å². The number of carbonyl (C=O) groups is 2. The van der Waals surface area contributed by atoms with E-state index in [1.54, 1.807) is 12.4 Å². The van der Waals surface area contributed by atoms with Crippen molar-refractivity contribution in [2.45, 2.75) is 25.8 Å². The number of hydrogen-bond acceptors (Lipinski definition) is 6. The van der Waals surface area contributed by atoms with Crippen LogP contribution in [0.15, 0.2) is 36.3 Å². The maximum atomic E-state index is 12.3. The average Bonchev–Trinajstić information content (AvgIpc) is 2.65. The lowest BCUT2D eigenvalue weighted by molar-refractivity contribution is -0.141. The molecular formula is C18H24N4O3S. The lowest BCUT2D eigenvalue weighted by atomic mass is 10.2. The molecule has 7 nitrogen and oxygen atoms in total. The maximum Gasteiger partial charge on any atom is 0.326 e. The van der Waals surface area contributed by atoms with Gasteiger partial charge in [-0.2, -0.15) is 17.0 Å². The Bertz CT molecular complexity index is 658. The highest BCUT2D eigenvalue weighted by Crippen LogP contribution is 2.06. The van der Waals surface area contributed by atoms with E-state index < -0.39 is 17.9 Å². The van der Waals surface area contributed by atoms with E-state index in [1.807, 2.05) is 36.3 Å². The number of nitrogens with one attached hydrogen (secondary N) is 1. The number of rotatable bonds is 11. The van der Waals surface area contributed by atoms with Crippen molar-refractivity contribution in [2.24, 2.45) is 0 Å². The number of carboxylic acids is 1. The second-order valence-electron chi connectivity index (χ2n) is 5.53. The van der Waals surface area contributed by atoms with Crippen molar-refractivity contribution in [3.05, 3.63) is 41.9 Å². The van der Waals surface area contributed by atoms with Crippen molar-refractivity contribution >= 4 is 23.6 Å². The lowest BCUT2D eigenvalue weighted by Crippen LogP contribution is -2.42. The molecule has 1 aromatic rings. The van der Waals surface area contributed by atoms with Crippen LogP contribution in [0.4, 0.5) is 0 Å². The van der Waals surface area contributed by atoms with Gasteiger partial charge in [0.25, 0.3) is 5.91 Å². The van der Waals surface area contributed by atoms with E-state index in [0.29, 0.717) is 25.3 Å². The van der Waals surface area contributed by atoms with Gasteiger partial charge in [0.05, 0.1) is 0 Å². The van der Waals surface area contributed by atoms with Gasteiger partial charge in [-0.3, -0.25) is 9.78 Å². The molecule has 1 atom stereocenters. The van der Waals surface area contributed by atoms with Crippen LogP contribution in [0.25, 0.3) is 0 Å². The van der Waals surface area contributed by atoms with Gasteiger partial charge in [-0.25, -0.2) is 4.79 Å². The number of nitriles is 1. The predicted molar refractivity (Wildman–Crippen MR) is 101 cm³/mol. The number of hydrogen-bond donors (Lipinski definition) is 2. The SMILES string of the molecule is CCN(/C=C(/C#N)C(=O)NC(CCSC)C(=O)O)CCc1ccncc1. The van der Waals surface area contributed by atoms with Crippen molar-refractivity contribution in [1.82, 2.24) is 15.2 Å². The molecule has 1 heterocycles. The zero-order valence-electron chi connectivity index (χ0n) is 15.0. The summed E-state index contributed by atoms with van der Waals surface area (Å²) < 4.78 is 0. The highest BCUT2D eigenvalue weighted by molar-refractivity contribution is 7.98. The Balaban J connectivity index is 2.74. The van der Waals surface area contributed by atoms with Crippen LogP contribution in [0.5, 0.6) is 0 Å². The third kappa shape index (κ3) is 7.57. The van der Waals surface area contributed by atoms with E-state index in [1.165, 1.54) is 18.0 Å². The standard InChI is InChI=1S/C18H24N4O3S/c1-3-22(10-6-14-4-8-20-9-5-14)13-15(12-19)17(23)21-16(18(24)25)7-11-26-2/h4-5,8-9,13,16H,3,6-7,10-11H2,1-2H3,(H,21,23)(H,24,25)/b15-13-. The minimum atomic E-state index is -1.10. The normalized spacial score (nSPS) is 12.1. The Morgan fingerprint density at radius 2 is 2.15 bits per heavy atom. The zero-order valence-corrected chi connectivity index (χ0v) is 15.8. The Morgan fingerprint density at radius 3 is 2.69 bits per heavy atom. The van der Waals surface area contributed by atoms with E-state index in [2.05, 4.69) is 10.3 Å². The van der Waals surface area contributed by atoms with Gasteiger partial charge < -0.3 is 15.3 Å². The van der Waals surface area contributed by atoms with Gasteiger partial charge in [0.15, 0.2) is 0 Å². The molecule has 1 unspecified atom stereocenters. The van der Waals surface area contributed by atoms with Gasteiger partial charge in [0.2, 0.25) is 0 Å². The predicted octanol–water partition coefficient (Wildman–Crippen LogP) is 1.68. The molecule has 0 aliphatic carbocycles. The third-order valence-electron chi connectivity index (χ3n) is 3.73. The summed E-state index contributed by atoms with van der Waals surface area (Å²) in [6.07, 6.45) is 7.85. The molecule has 0 aliphatic rings. The largest absolute Gasteiger partial charge is 0.480 e. The van der Waals surface area contributed by atoms with E-state index >= 15 is 0 Å². The number of aliphatic carboxylic acids is 1. The first-order valence-corrected chi connectivity index (χ1v) is 9.68. The van der Waals surface area contributed by atoms with Gasteiger partial charge in [0, 0.05) is 31.7 Å². The second-order valence-corrected chi connectivity index (χ2v) is 6.52. The van der Waals surface area contributed by atoms with E-state index in [4.69, 9.17) is 0 Å². The average molecular weight is 376 g/mol. The van der Waals surface area contributed by atoms with Crippen LogP contribution in [-0.4, -0.2) is 58.0 Å². The number of amides is 1. The molecule has 0 bridgehead atoms. The summed E-state index contributed by atoms with van der Waals surface area (Å²) in [5.74, 6) is -1.16. The van der Waals surface area contributed by atoms with Crippen LogP contribution in [0, 0.1) is 11.3 Å². The number of nitrogens with zero attached hydrogens (tertiary/aromatic N) is 3. The number of pyridine rings is 1. The molecule has 0 radical (unpaired) electrons. The number of thioether (sulfide) groups is 1. The van der Waals surface area contributed by atoms with Crippen LogP contribution in [0.2, 0.25) is 0 Å². The molecule has 1 aromatic heterocycles. The van der Waals surface area contributed by atoms with Crippen molar-refractivity contribution in [1.29, 1.82) is 5.26 Å². The van der Waals surface area contributed by atoms with Gasteiger partial charge in [-0.05, 0) is 49.5 Å². The minimum Gasteiger partial charge on any atom is -0.480 e. The Morgan fingerprint density at radius 1 is 1.46 bits per heavy atom. The summed E-state index contributed by atoms with van der Waals surface area (Å²) in [5, 5.41) is 20.9. The van der Waals surface area contributed by atoms with E-state index in [0.717, 1.165) is 12.0 Å². The second kappa shape index (κ2) is 11.9. The number of likely N-dealkylation sites (N-methyl/N-ethyl adjacent to an activating group) is 1. The quantitative estimate of drug-likeness (QED) is 0.447. The van der Waals surface area contributed by atoms with Gasteiger partial charge >= 0.3 is 5.97 Å². The van der Waals surface area contributed by atoms with Crippen LogP contribution in [-0.2, 0) is 16.0 Å². The molecule has 0 saturated carbocycles. The summed E-state index contributed by atoms with van der Waals surface area (Å²) in [6, 6.07) is 4.69. The fourth-order valence-corrected chi connectivity index (χ4v) is 2.66. The van der Waals surface area contributed by atoms with Gasteiger partial charge in [-0.1, -0.05) is 0 Å². The molecule has 1 rings (SSSR count). The first kappa shape index (κ1) is 21.5. The van der Waals surface area contributed by atoms with E-state index in [-0.39, 0.29) is 5.57 Å². The fraction of sp³-hybridized carbons (Fsp3) is 0.444. The molecule has 0 spiro atoms. The summed E-state index contributed by atoms with van der Waals surface area (Å²) in [6.45, 7) is 3.18. The lowest BCUT2D eigenvalue weighted by Gasteiger charge is -2.19. The van der Waals surface area contributed by atoms with Crippen molar-refractivity contribution in [3.8, 4) is 6.07 Å². The molecule has 8 heteroatoms. The van der Waals surface area contributed by atoms with Crippen molar-refractivity contribution < 1.29 is 14.7 Å². The number of carbonyl (C=O) groups excluding carboxylic acids is 1. The first-order valence-electron chi connectivity index (χ1n) is 8.29. The van der Waals surface area contributed by atoms with Crippen molar-refractivity contribution in [3.63, 3.8) is 0 Å². The highest BCUT2D eigenvalue weighted by Gasteiger charge is 2.21. The molecule has 0 aromatic carbocycles. The zero-order chi connectivity index (χ0) is 19.4. The van der Waals surface area contributed by atoms with Gasteiger partial charge in [0.1, 0.15) is 17.7 Å². The molecular weight excluding hydrogens is 352 g/mol. The maximum absolute atomic E-state index is 12.3. The first-order chi connectivity index (χ1) is 12.5. The molecule has 0 aliphatic heterocycles. The molecule has 0 saturated heterocycles. The third-order valence-corrected chi connectivity index (χ3v) is 4.38. The summed E-state index contributed by atoms with van der Waals surface area (Å²) in [5.41, 5.74) is 1.01. The Labute approximate surface area is 158 Å². The number of carboxylic acid groups (broad SMARTS) is 1. The monoisotopic (exact) mass is 376 g/mol. The van der Waals surface area contributed by atoms with Crippen LogP contribution >= 0.6 is 11.8 Å². The molecule has 2 N–H and O–H groups in total. The highest BCUT2D eigenvalue weighted by atomic mass is 32.2. The molecule has 0 fully saturated rings. The Hall–Kier alpha value is -2.53. The van der Waals surface area contributed by atoms with Crippen LogP contribution in [0.3, 0.4) is 0 Å². The fourth-order valence-electron chi connectivity index (χ4n) is 2.19. The summed E-state index contributed by atoms with van der Waals surface area (Å²) in [7, 11) is 0. The Kier molecular flexibility index (Phi) is 9.87. The van der Waals surface area contributed by atoms with Crippen molar-refractivity contribution in [2.75, 3.05) is 25.1 Å². The van der Waals surface area contributed by atoms with Crippen LogP contribution < -0.4 is 5.32 Å². The summed E-state index contributed by atoms with van der Waals surface area (Å²) >= 11 is 1.50. The van der Waals surface area contributed by atoms with Crippen LogP contribution in [0.1, 0.15) is 18.9 Å². The van der Waals surface area contributed by atoms with Gasteiger partial charge in [-0.15, -0.1) is 0 Å².